The van der Waals surface area contributed by atoms with Crippen LogP contribution in [0.25, 0.3) is 0 Å². The predicted octanol–water partition coefficient (Wildman–Crippen LogP) is 2.70. The number of halogens is 1. The molecule has 2 atom stereocenters. The summed E-state index contributed by atoms with van der Waals surface area (Å²) in [5.74, 6) is 0.939. The van der Waals surface area contributed by atoms with Crippen LogP contribution in [-0.2, 0) is 11.2 Å². The van der Waals surface area contributed by atoms with Crippen LogP contribution in [0.1, 0.15) is 24.8 Å². The first-order chi connectivity index (χ1) is 9.26. The summed E-state index contributed by atoms with van der Waals surface area (Å²) in [6, 6.07) is 5.84. The van der Waals surface area contributed by atoms with E-state index in [9.17, 15) is 4.79 Å². The van der Waals surface area contributed by atoms with E-state index in [1.807, 2.05) is 18.2 Å². The van der Waals surface area contributed by atoms with Crippen molar-refractivity contribution in [3.05, 3.63) is 28.8 Å². The molecule has 1 saturated heterocycles. The van der Waals surface area contributed by atoms with E-state index in [4.69, 9.17) is 16.3 Å². The highest BCUT2D eigenvalue weighted by Gasteiger charge is 2.29. The summed E-state index contributed by atoms with van der Waals surface area (Å²) in [6.45, 7) is 1.83. The number of piperidine rings is 1. The molecule has 2 unspecified atom stereocenters. The van der Waals surface area contributed by atoms with E-state index < -0.39 is 0 Å². The minimum atomic E-state index is 0.0738. The average molecular weight is 280 g/mol. The fourth-order valence-electron chi connectivity index (χ4n) is 3.05. The zero-order chi connectivity index (χ0) is 13.2. The number of hydrogen-bond acceptors (Lipinski definition) is 3. The van der Waals surface area contributed by atoms with Crippen LogP contribution < -0.4 is 4.74 Å². The van der Waals surface area contributed by atoms with Gasteiger partial charge in [0.05, 0.1) is 6.04 Å². The van der Waals surface area contributed by atoms with Gasteiger partial charge in [-0.2, -0.15) is 0 Å². The molecule has 0 aliphatic carbocycles. The Balaban J connectivity index is 1.65. The molecule has 4 heteroatoms. The van der Waals surface area contributed by atoms with Gasteiger partial charge < -0.3 is 9.53 Å². The Morgan fingerprint density at radius 3 is 3.16 bits per heavy atom. The molecular formula is C15H18ClNO2. The lowest BCUT2D eigenvalue weighted by molar-refractivity contribution is -0.113. The van der Waals surface area contributed by atoms with Gasteiger partial charge in [-0.15, -0.1) is 0 Å². The number of benzene rings is 1. The van der Waals surface area contributed by atoms with Gasteiger partial charge in [0.15, 0.2) is 0 Å². The minimum Gasteiger partial charge on any atom is -0.488 e. The number of ether oxygens (including phenoxy) is 1. The third-order valence-electron chi connectivity index (χ3n) is 4.02. The SMILES string of the molecule is O=CC1CCCCN1CC1Cc2cc(Cl)ccc2O1. The molecule has 1 aromatic carbocycles. The third kappa shape index (κ3) is 2.77. The van der Waals surface area contributed by atoms with Gasteiger partial charge >= 0.3 is 0 Å². The molecule has 0 spiro atoms. The van der Waals surface area contributed by atoms with E-state index in [-0.39, 0.29) is 12.1 Å². The van der Waals surface area contributed by atoms with Crippen molar-refractivity contribution in [1.82, 2.24) is 4.90 Å². The molecule has 0 bridgehead atoms. The zero-order valence-electron chi connectivity index (χ0n) is 10.8. The van der Waals surface area contributed by atoms with Gasteiger partial charge in [0, 0.05) is 18.0 Å². The summed E-state index contributed by atoms with van der Waals surface area (Å²) in [7, 11) is 0. The number of fused-ring (bicyclic) bond motifs is 1. The van der Waals surface area contributed by atoms with Crippen molar-refractivity contribution in [3.63, 3.8) is 0 Å². The third-order valence-corrected chi connectivity index (χ3v) is 4.26. The summed E-state index contributed by atoms with van der Waals surface area (Å²) in [5, 5.41) is 0.756. The van der Waals surface area contributed by atoms with Crippen molar-refractivity contribution in [3.8, 4) is 5.75 Å². The van der Waals surface area contributed by atoms with Gasteiger partial charge in [-0.25, -0.2) is 0 Å². The van der Waals surface area contributed by atoms with Crippen LogP contribution in [0.2, 0.25) is 5.02 Å². The molecule has 19 heavy (non-hydrogen) atoms. The van der Waals surface area contributed by atoms with Gasteiger partial charge in [-0.05, 0) is 43.1 Å². The minimum absolute atomic E-state index is 0.0738. The van der Waals surface area contributed by atoms with Crippen molar-refractivity contribution >= 4 is 17.9 Å². The van der Waals surface area contributed by atoms with E-state index >= 15 is 0 Å². The second kappa shape index (κ2) is 5.51. The molecule has 0 saturated carbocycles. The average Bonchev–Trinajstić information content (AvgIpc) is 2.80. The van der Waals surface area contributed by atoms with Crippen LogP contribution >= 0.6 is 11.6 Å². The van der Waals surface area contributed by atoms with Gasteiger partial charge in [0.1, 0.15) is 18.1 Å². The van der Waals surface area contributed by atoms with Crippen LogP contribution in [0.3, 0.4) is 0 Å². The Bertz CT molecular complexity index is 477. The maximum absolute atomic E-state index is 11.1. The first-order valence-electron chi connectivity index (χ1n) is 6.90. The molecule has 102 valence electrons. The van der Waals surface area contributed by atoms with Crippen molar-refractivity contribution < 1.29 is 9.53 Å². The van der Waals surface area contributed by atoms with Crippen molar-refractivity contribution in [2.24, 2.45) is 0 Å². The number of hydrogen-bond donors (Lipinski definition) is 0. The van der Waals surface area contributed by atoms with Crippen LogP contribution in [-0.4, -0.2) is 36.4 Å². The monoisotopic (exact) mass is 279 g/mol. The fourth-order valence-corrected chi connectivity index (χ4v) is 3.24. The number of carbonyl (C=O) groups excluding carboxylic acids is 1. The van der Waals surface area contributed by atoms with E-state index in [1.54, 1.807) is 0 Å². The largest absolute Gasteiger partial charge is 0.488 e. The summed E-state index contributed by atoms with van der Waals surface area (Å²) in [4.78, 5) is 13.4. The second-order valence-corrected chi connectivity index (χ2v) is 5.83. The molecule has 0 aromatic heterocycles. The Labute approximate surface area is 118 Å². The number of likely N-dealkylation sites (tertiary alicyclic amines) is 1. The molecule has 3 rings (SSSR count). The van der Waals surface area contributed by atoms with Crippen LogP contribution in [0, 0.1) is 0 Å². The molecule has 0 amide bonds. The van der Waals surface area contributed by atoms with E-state index in [0.29, 0.717) is 0 Å². The van der Waals surface area contributed by atoms with Gasteiger partial charge in [-0.1, -0.05) is 18.0 Å². The fraction of sp³-hybridized carbons (Fsp3) is 0.533. The number of nitrogens with zero attached hydrogens (tertiary/aromatic N) is 1. The lowest BCUT2D eigenvalue weighted by atomic mass is 10.0. The van der Waals surface area contributed by atoms with Crippen molar-refractivity contribution in [2.75, 3.05) is 13.1 Å². The first-order valence-corrected chi connectivity index (χ1v) is 7.28. The molecule has 2 aliphatic rings. The summed E-state index contributed by atoms with van der Waals surface area (Å²) >= 11 is 6.00. The normalized spacial score (nSPS) is 26.8. The van der Waals surface area contributed by atoms with Gasteiger partial charge in [-0.3, -0.25) is 4.90 Å². The summed E-state index contributed by atoms with van der Waals surface area (Å²) in [5.41, 5.74) is 1.18. The number of aldehydes is 1. The van der Waals surface area contributed by atoms with Gasteiger partial charge in [0.25, 0.3) is 0 Å². The van der Waals surface area contributed by atoms with Crippen LogP contribution in [0.4, 0.5) is 0 Å². The highest BCUT2D eigenvalue weighted by Crippen LogP contribution is 2.32. The predicted molar refractivity (Wildman–Crippen MR) is 74.8 cm³/mol. The molecule has 1 aromatic rings. The Hall–Kier alpha value is -1.06. The lowest BCUT2D eigenvalue weighted by Gasteiger charge is -2.33. The van der Waals surface area contributed by atoms with Crippen LogP contribution in [0.5, 0.6) is 5.75 Å². The van der Waals surface area contributed by atoms with Crippen molar-refractivity contribution in [1.29, 1.82) is 0 Å². The Morgan fingerprint density at radius 1 is 1.42 bits per heavy atom. The highest BCUT2D eigenvalue weighted by molar-refractivity contribution is 6.30. The molecule has 2 aliphatic heterocycles. The highest BCUT2D eigenvalue weighted by atomic mass is 35.5. The maximum atomic E-state index is 11.1. The number of rotatable bonds is 3. The Kier molecular flexibility index (Phi) is 3.76. The van der Waals surface area contributed by atoms with E-state index in [1.165, 1.54) is 12.0 Å². The lowest BCUT2D eigenvalue weighted by Crippen LogP contribution is -2.45. The molecule has 1 fully saturated rings. The quantitative estimate of drug-likeness (QED) is 0.797. The topological polar surface area (TPSA) is 29.5 Å². The molecular weight excluding hydrogens is 262 g/mol. The van der Waals surface area contributed by atoms with Crippen molar-refractivity contribution in [2.45, 2.75) is 37.8 Å². The van der Waals surface area contributed by atoms with Crippen LogP contribution in [0.15, 0.2) is 18.2 Å². The molecule has 3 nitrogen and oxygen atoms in total. The van der Waals surface area contributed by atoms with E-state index in [2.05, 4.69) is 4.90 Å². The second-order valence-electron chi connectivity index (χ2n) is 5.39. The van der Waals surface area contributed by atoms with Gasteiger partial charge in [0.2, 0.25) is 0 Å². The smallest absolute Gasteiger partial charge is 0.137 e. The van der Waals surface area contributed by atoms with E-state index in [0.717, 1.165) is 49.4 Å². The molecule has 2 heterocycles. The maximum Gasteiger partial charge on any atom is 0.137 e. The summed E-state index contributed by atoms with van der Waals surface area (Å²) < 4.78 is 5.94. The molecule has 0 radical (unpaired) electrons. The molecule has 0 N–H and O–H groups in total. The standard InChI is InChI=1S/C15H18ClNO2/c16-12-4-5-15-11(7-12)8-14(19-15)9-17-6-2-1-3-13(17)10-18/h4-5,7,10,13-14H,1-3,6,8-9H2. The zero-order valence-corrected chi connectivity index (χ0v) is 11.6. The Morgan fingerprint density at radius 2 is 2.32 bits per heavy atom. The number of carbonyl (C=O) groups is 1. The first kappa shape index (κ1) is 12.9. The summed E-state index contributed by atoms with van der Waals surface area (Å²) in [6.07, 6.45) is 5.43.